The van der Waals surface area contributed by atoms with E-state index in [9.17, 15) is 34.8 Å². The van der Waals surface area contributed by atoms with Crippen molar-refractivity contribution in [2.45, 2.75) is 14.7 Å². The van der Waals surface area contributed by atoms with Gasteiger partial charge in [-0.3, -0.25) is 9.59 Å². The quantitative estimate of drug-likeness (QED) is 0.323. The van der Waals surface area contributed by atoms with Gasteiger partial charge in [0.25, 0.3) is 11.8 Å². The van der Waals surface area contributed by atoms with Crippen LogP contribution in [-0.2, 0) is 34.8 Å². The number of benzene rings is 3. The predicted octanol–water partition coefficient (Wildman–Crippen LogP) is 1.71. The lowest BCUT2D eigenvalue weighted by molar-refractivity contribution is 0.0730. The van der Waals surface area contributed by atoms with Gasteiger partial charge in [-0.2, -0.15) is 4.31 Å². The van der Waals surface area contributed by atoms with Crippen LogP contribution in [0.25, 0.3) is 0 Å². The summed E-state index contributed by atoms with van der Waals surface area (Å²) in [6.45, 7) is 0.682. The molecule has 2 amide bonds. The topological polar surface area (TPSA) is 180 Å². The minimum absolute atomic E-state index is 0.00668. The molecule has 1 heterocycles. The number of hydrogen-bond donors (Lipinski definition) is 2. The highest BCUT2D eigenvalue weighted by Crippen LogP contribution is 2.29. The third-order valence-electron chi connectivity index (χ3n) is 6.84. The lowest BCUT2D eigenvalue weighted by Crippen LogP contribution is -2.40. The van der Waals surface area contributed by atoms with Crippen molar-refractivity contribution in [2.24, 2.45) is 0 Å². The van der Waals surface area contributed by atoms with Crippen LogP contribution in [0.3, 0.4) is 0 Å². The Balaban J connectivity index is 1.73. The van der Waals surface area contributed by atoms with E-state index in [1.807, 2.05) is 0 Å². The summed E-state index contributed by atoms with van der Waals surface area (Å²) in [5, 5.41) is 5.19. The fourth-order valence-corrected chi connectivity index (χ4v) is 7.57. The molecular formula is C28H33N5O9S3. The van der Waals surface area contributed by atoms with Crippen LogP contribution in [0.1, 0.15) is 20.7 Å². The van der Waals surface area contributed by atoms with Crippen LogP contribution in [-0.4, -0.2) is 104 Å². The van der Waals surface area contributed by atoms with Gasteiger partial charge in [0.2, 0.25) is 30.1 Å². The van der Waals surface area contributed by atoms with E-state index in [2.05, 4.69) is 10.6 Å². The van der Waals surface area contributed by atoms with Gasteiger partial charge in [-0.25, -0.2) is 33.9 Å². The Hall–Kier alpha value is -3.71. The highest BCUT2D eigenvalue weighted by molar-refractivity contribution is 7.89. The number of nitrogens with one attached hydrogen (secondary N) is 2. The van der Waals surface area contributed by atoms with Crippen LogP contribution < -0.4 is 10.6 Å². The first-order chi connectivity index (χ1) is 21.0. The van der Waals surface area contributed by atoms with Gasteiger partial charge in [-0.15, -0.1) is 0 Å². The molecule has 45 heavy (non-hydrogen) atoms. The summed E-state index contributed by atoms with van der Waals surface area (Å²) in [4.78, 5) is 26.2. The van der Waals surface area contributed by atoms with Gasteiger partial charge in [0, 0.05) is 52.4 Å². The van der Waals surface area contributed by atoms with Crippen LogP contribution >= 0.6 is 0 Å². The molecule has 242 valence electrons. The number of morpholine rings is 1. The average Bonchev–Trinajstić information content (AvgIpc) is 3.02. The Morgan fingerprint density at radius 3 is 1.58 bits per heavy atom. The number of nitrogens with zero attached hydrogens (tertiary/aromatic N) is 3. The summed E-state index contributed by atoms with van der Waals surface area (Å²) in [6.07, 6.45) is 0. The molecule has 3 aromatic carbocycles. The van der Waals surface area contributed by atoms with Gasteiger partial charge in [0.05, 0.1) is 39.3 Å². The molecule has 1 saturated heterocycles. The summed E-state index contributed by atoms with van der Waals surface area (Å²) < 4.78 is 85.7. The lowest BCUT2D eigenvalue weighted by atomic mass is 10.1. The van der Waals surface area contributed by atoms with Gasteiger partial charge in [0.15, 0.2) is 0 Å². The van der Waals surface area contributed by atoms with Crippen LogP contribution in [0.15, 0.2) is 81.4 Å². The van der Waals surface area contributed by atoms with Gasteiger partial charge in [-0.1, -0.05) is 12.1 Å². The summed E-state index contributed by atoms with van der Waals surface area (Å²) in [5.41, 5.74) is -0.145. The van der Waals surface area contributed by atoms with Crippen molar-refractivity contribution in [1.82, 2.24) is 12.9 Å². The third kappa shape index (κ3) is 7.41. The van der Waals surface area contributed by atoms with E-state index in [-0.39, 0.29) is 63.5 Å². The van der Waals surface area contributed by atoms with Crippen LogP contribution in [0.5, 0.6) is 0 Å². The molecule has 4 rings (SSSR count). The zero-order chi connectivity index (χ0) is 33.2. The second-order valence-electron chi connectivity index (χ2n) is 10.3. The van der Waals surface area contributed by atoms with E-state index in [4.69, 9.17) is 4.74 Å². The molecule has 17 heteroatoms. The second-order valence-corrected chi connectivity index (χ2v) is 16.5. The van der Waals surface area contributed by atoms with Crippen LogP contribution in [0.4, 0.5) is 11.4 Å². The van der Waals surface area contributed by atoms with E-state index in [0.717, 1.165) is 8.61 Å². The van der Waals surface area contributed by atoms with Crippen molar-refractivity contribution in [3.63, 3.8) is 0 Å². The molecule has 0 aromatic heterocycles. The first-order valence-corrected chi connectivity index (χ1v) is 17.8. The Kier molecular flexibility index (Phi) is 10.1. The van der Waals surface area contributed by atoms with Crippen molar-refractivity contribution in [1.29, 1.82) is 0 Å². The smallest absolute Gasteiger partial charge is 0.255 e. The minimum Gasteiger partial charge on any atom is -0.379 e. The van der Waals surface area contributed by atoms with Crippen molar-refractivity contribution in [3.8, 4) is 0 Å². The maximum atomic E-state index is 13.4. The van der Waals surface area contributed by atoms with Crippen molar-refractivity contribution < 1.29 is 39.6 Å². The summed E-state index contributed by atoms with van der Waals surface area (Å²) >= 11 is 0. The Bertz CT molecular complexity index is 1940. The zero-order valence-electron chi connectivity index (χ0n) is 24.9. The molecule has 1 fully saturated rings. The van der Waals surface area contributed by atoms with Gasteiger partial charge in [0.1, 0.15) is 0 Å². The van der Waals surface area contributed by atoms with Crippen LogP contribution in [0, 0.1) is 0 Å². The Morgan fingerprint density at radius 2 is 1.11 bits per heavy atom. The number of ether oxygens (including phenoxy) is 1. The molecule has 0 radical (unpaired) electrons. The molecule has 14 nitrogen and oxygen atoms in total. The first-order valence-electron chi connectivity index (χ1n) is 13.4. The fraction of sp³-hybridized carbons (Fsp3) is 0.286. The van der Waals surface area contributed by atoms with Crippen molar-refractivity contribution in [3.05, 3.63) is 77.9 Å². The molecule has 0 saturated carbocycles. The van der Waals surface area contributed by atoms with E-state index < -0.39 is 41.9 Å². The Morgan fingerprint density at radius 1 is 0.644 bits per heavy atom. The normalized spacial score (nSPS) is 14.8. The van der Waals surface area contributed by atoms with E-state index in [1.165, 1.54) is 99.2 Å². The molecule has 1 aliphatic heterocycles. The molecule has 3 aromatic rings. The average molecular weight is 680 g/mol. The number of anilines is 2. The molecule has 0 atom stereocenters. The van der Waals surface area contributed by atoms with Gasteiger partial charge < -0.3 is 15.4 Å². The second kappa shape index (κ2) is 13.3. The van der Waals surface area contributed by atoms with Crippen LogP contribution in [0.2, 0.25) is 0 Å². The highest BCUT2D eigenvalue weighted by Gasteiger charge is 2.28. The van der Waals surface area contributed by atoms with E-state index in [1.54, 1.807) is 0 Å². The number of carbonyl (C=O) groups is 2. The number of sulfonamides is 3. The lowest BCUT2D eigenvalue weighted by Gasteiger charge is -2.26. The van der Waals surface area contributed by atoms with E-state index in [0.29, 0.717) is 0 Å². The number of hydrogen-bond acceptors (Lipinski definition) is 9. The maximum absolute atomic E-state index is 13.4. The highest BCUT2D eigenvalue weighted by atomic mass is 32.2. The third-order valence-corrected chi connectivity index (χ3v) is 12.4. The molecule has 1 aliphatic rings. The first kappa shape index (κ1) is 34.2. The number of carbonyl (C=O) groups excluding carboxylic acids is 2. The van der Waals surface area contributed by atoms with E-state index >= 15 is 0 Å². The molecule has 0 bridgehead atoms. The summed E-state index contributed by atoms with van der Waals surface area (Å²) in [5.74, 6) is -1.51. The minimum atomic E-state index is -4.01. The van der Waals surface area contributed by atoms with Crippen molar-refractivity contribution >= 4 is 53.3 Å². The fourth-order valence-electron chi connectivity index (χ4n) is 4.24. The molecule has 0 aliphatic carbocycles. The molecule has 0 spiro atoms. The number of amides is 2. The maximum Gasteiger partial charge on any atom is 0.255 e. The standard InChI is InChI=1S/C28H33N5O9S3/c1-31(2)43(36,37)22-9-5-7-20(17-22)27(34)29-25-12-11-24(45(40,41)33-13-15-42-16-14-33)19-26(25)30-28(35)21-8-6-10-23(18-21)44(38,39)32(3)4/h5-12,17-19H,13-16H2,1-4H3,(H,29,34)(H,30,35). The molecular weight excluding hydrogens is 647 g/mol. The SMILES string of the molecule is CN(C)S(=O)(=O)c1cccc(C(=O)Nc2ccc(S(=O)(=O)N3CCOCC3)cc2NC(=O)c2cccc(S(=O)(=O)N(C)C)c2)c1. The summed E-state index contributed by atoms with van der Waals surface area (Å²) in [6, 6.07) is 14.4. The van der Waals surface area contributed by atoms with Gasteiger partial charge in [-0.05, 0) is 54.6 Å². The zero-order valence-corrected chi connectivity index (χ0v) is 27.4. The Labute approximate surface area is 262 Å². The molecule has 0 unspecified atom stereocenters. The molecule has 2 N–H and O–H groups in total. The monoisotopic (exact) mass is 679 g/mol. The van der Waals surface area contributed by atoms with Gasteiger partial charge >= 0.3 is 0 Å². The predicted molar refractivity (Wildman–Crippen MR) is 167 cm³/mol. The van der Waals surface area contributed by atoms with Crippen molar-refractivity contribution in [2.75, 3.05) is 65.1 Å². The largest absolute Gasteiger partial charge is 0.379 e. The number of rotatable bonds is 10. The summed E-state index contributed by atoms with van der Waals surface area (Å²) in [7, 11) is -6.31.